The van der Waals surface area contributed by atoms with E-state index in [1.54, 1.807) is 38.7 Å². The van der Waals surface area contributed by atoms with Gasteiger partial charge in [-0.3, -0.25) is 9.78 Å². The van der Waals surface area contributed by atoms with E-state index >= 15 is 0 Å². The van der Waals surface area contributed by atoms with Gasteiger partial charge in [-0.1, -0.05) is 11.2 Å². The van der Waals surface area contributed by atoms with Crippen LogP contribution >= 0.6 is 0 Å². The molecule has 0 aliphatic rings. The molecule has 28 heavy (non-hydrogen) atoms. The van der Waals surface area contributed by atoms with Gasteiger partial charge < -0.3 is 19.3 Å². The molecule has 146 valence electrons. The molecule has 1 atom stereocenters. The van der Waals surface area contributed by atoms with E-state index in [4.69, 9.17) is 14.0 Å². The summed E-state index contributed by atoms with van der Waals surface area (Å²) in [5.41, 5.74) is 1.74. The summed E-state index contributed by atoms with van der Waals surface area (Å²) in [7, 11) is 3.16. The normalized spacial score (nSPS) is 11.7. The van der Waals surface area contributed by atoms with E-state index in [9.17, 15) is 4.79 Å². The maximum atomic E-state index is 12.3. The molecule has 1 N–H and O–H groups in total. The van der Waals surface area contributed by atoms with Crippen LogP contribution in [0, 0.1) is 0 Å². The molecule has 0 aliphatic carbocycles. The Morgan fingerprint density at radius 3 is 2.61 bits per heavy atom. The standard InChI is InChI=1S/C20H22N4O4/c1-13(15-4-5-16(26-2)17(12-15)27-3)22-18(25)6-7-19-23-20(24-28-19)14-8-10-21-11-9-14/h4-5,8-13H,6-7H2,1-3H3,(H,22,25). The highest BCUT2D eigenvalue weighted by atomic mass is 16.5. The van der Waals surface area contributed by atoms with Crippen molar-refractivity contribution >= 4 is 5.91 Å². The molecule has 0 fully saturated rings. The summed E-state index contributed by atoms with van der Waals surface area (Å²) >= 11 is 0. The van der Waals surface area contributed by atoms with Gasteiger partial charge in [-0.05, 0) is 36.8 Å². The maximum Gasteiger partial charge on any atom is 0.227 e. The topological polar surface area (TPSA) is 99.4 Å². The number of methoxy groups -OCH3 is 2. The lowest BCUT2D eigenvalue weighted by molar-refractivity contribution is -0.121. The summed E-state index contributed by atoms with van der Waals surface area (Å²) in [5.74, 6) is 2.06. The van der Waals surface area contributed by atoms with Crippen LogP contribution in [0.3, 0.4) is 0 Å². The number of nitrogens with one attached hydrogen (secondary N) is 1. The number of hydrogen-bond acceptors (Lipinski definition) is 7. The zero-order chi connectivity index (χ0) is 19.9. The molecule has 0 saturated heterocycles. The number of amides is 1. The monoisotopic (exact) mass is 382 g/mol. The second-order valence-electron chi connectivity index (χ2n) is 6.15. The quantitative estimate of drug-likeness (QED) is 0.639. The van der Waals surface area contributed by atoms with Crippen LogP contribution in [0.5, 0.6) is 11.5 Å². The molecule has 0 bridgehead atoms. The van der Waals surface area contributed by atoms with Crippen molar-refractivity contribution in [1.29, 1.82) is 0 Å². The highest BCUT2D eigenvalue weighted by molar-refractivity contribution is 5.76. The molecular weight excluding hydrogens is 360 g/mol. The van der Waals surface area contributed by atoms with Crippen molar-refractivity contribution in [1.82, 2.24) is 20.4 Å². The lowest BCUT2D eigenvalue weighted by atomic mass is 10.1. The Labute approximate surface area is 162 Å². The second-order valence-corrected chi connectivity index (χ2v) is 6.15. The van der Waals surface area contributed by atoms with Crippen molar-refractivity contribution in [2.75, 3.05) is 14.2 Å². The van der Waals surface area contributed by atoms with Crippen LogP contribution in [0.2, 0.25) is 0 Å². The van der Waals surface area contributed by atoms with Crippen molar-refractivity contribution in [2.24, 2.45) is 0 Å². The zero-order valence-electron chi connectivity index (χ0n) is 16.0. The van der Waals surface area contributed by atoms with E-state index in [2.05, 4.69) is 20.4 Å². The predicted octanol–water partition coefficient (Wildman–Crippen LogP) is 2.96. The first-order valence-electron chi connectivity index (χ1n) is 8.85. The summed E-state index contributed by atoms with van der Waals surface area (Å²) in [6, 6.07) is 8.98. The lowest BCUT2D eigenvalue weighted by Gasteiger charge is -2.16. The first-order valence-corrected chi connectivity index (χ1v) is 8.85. The van der Waals surface area contributed by atoms with Crippen LogP contribution in [0.25, 0.3) is 11.4 Å². The van der Waals surface area contributed by atoms with E-state index < -0.39 is 0 Å². The first-order chi connectivity index (χ1) is 13.6. The molecule has 8 nitrogen and oxygen atoms in total. The van der Waals surface area contributed by atoms with Crippen molar-refractivity contribution in [2.45, 2.75) is 25.8 Å². The fraction of sp³-hybridized carbons (Fsp3) is 0.300. The Balaban J connectivity index is 1.55. The molecular formula is C20H22N4O4. The maximum absolute atomic E-state index is 12.3. The SMILES string of the molecule is COc1ccc(C(C)NC(=O)CCc2nc(-c3ccncc3)no2)cc1OC. The number of carbonyl (C=O) groups excluding carboxylic acids is 1. The smallest absolute Gasteiger partial charge is 0.227 e. The third-order valence-electron chi connectivity index (χ3n) is 4.26. The first kappa shape index (κ1) is 19.3. The molecule has 0 saturated carbocycles. The Hall–Kier alpha value is -3.42. The number of ether oxygens (including phenoxy) is 2. The van der Waals surface area contributed by atoms with Crippen molar-refractivity contribution in [3.8, 4) is 22.9 Å². The summed E-state index contributed by atoms with van der Waals surface area (Å²) < 4.78 is 15.8. The zero-order valence-corrected chi connectivity index (χ0v) is 16.0. The van der Waals surface area contributed by atoms with Gasteiger partial charge in [0.2, 0.25) is 17.6 Å². The summed E-state index contributed by atoms with van der Waals surface area (Å²) in [6.45, 7) is 1.91. The summed E-state index contributed by atoms with van der Waals surface area (Å²) in [4.78, 5) is 20.6. The van der Waals surface area contributed by atoms with Crippen LogP contribution < -0.4 is 14.8 Å². The van der Waals surface area contributed by atoms with Gasteiger partial charge in [0.05, 0.1) is 20.3 Å². The number of rotatable bonds is 8. The molecule has 2 aromatic heterocycles. The minimum absolute atomic E-state index is 0.106. The molecule has 8 heteroatoms. The van der Waals surface area contributed by atoms with Gasteiger partial charge in [-0.15, -0.1) is 0 Å². The number of pyridine rings is 1. The molecule has 1 unspecified atom stereocenters. The number of hydrogen-bond donors (Lipinski definition) is 1. The van der Waals surface area contributed by atoms with Crippen molar-refractivity contribution in [3.05, 3.63) is 54.2 Å². The minimum atomic E-state index is -0.178. The van der Waals surface area contributed by atoms with Crippen molar-refractivity contribution in [3.63, 3.8) is 0 Å². The molecule has 1 amide bonds. The Morgan fingerprint density at radius 1 is 1.14 bits per heavy atom. The van der Waals surface area contributed by atoms with E-state index in [1.807, 2.05) is 25.1 Å². The highest BCUT2D eigenvalue weighted by Crippen LogP contribution is 2.29. The van der Waals surface area contributed by atoms with Crippen LogP contribution in [0.15, 0.2) is 47.2 Å². The average Bonchev–Trinajstić information content (AvgIpc) is 3.21. The number of benzene rings is 1. The number of aromatic nitrogens is 3. The number of aryl methyl sites for hydroxylation is 1. The van der Waals surface area contributed by atoms with Gasteiger partial charge in [0, 0.05) is 30.8 Å². The van der Waals surface area contributed by atoms with E-state index in [1.165, 1.54) is 0 Å². The Bertz CT molecular complexity index is 927. The van der Waals surface area contributed by atoms with Gasteiger partial charge in [-0.25, -0.2) is 0 Å². The van der Waals surface area contributed by atoms with E-state index in [-0.39, 0.29) is 18.4 Å². The van der Waals surface area contributed by atoms with Crippen LogP contribution in [0.1, 0.15) is 30.8 Å². The van der Waals surface area contributed by atoms with Crippen LogP contribution in [-0.4, -0.2) is 35.3 Å². The summed E-state index contributed by atoms with van der Waals surface area (Å²) in [5, 5.41) is 6.90. The lowest BCUT2D eigenvalue weighted by Crippen LogP contribution is -2.26. The van der Waals surface area contributed by atoms with Crippen LogP contribution in [-0.2, 0) is 11.2 Å². The summed E-state index contributed by atoms with van der Waals surface area (Å²) in [6.07, 6.45) is 3.93. The average molecular weight is 382 g/mol. The van der Waals surface area contributed by atoms with Gasteiger partial charge in [0.25, 0.3) is 0 Å². The third kappa shape index (κ3) is 4.64. The number of nitrogens with zero attached hydrogens (tertiary/aromatic N) is 3. The minimum Gasteiger partial charge on any atom is -0.493 e. The van der Waals surface area contributed by atoms with Gasteiger partial charge in [-0.2, -0.15) is 4.98 Å². The van der Waals surface area contributed by atoms with Gasteiger partial charge in [0.1, 0.15) is 0 Å². The van der Waals surface area contributed by atoms with E-state index in [0.29, 0.717) is 29.6 Å². The second kappa shape index (κ2) is 8.98. The highest BCUT2D eigenvalue weighted by Gasteiger charge is 2.14. The largest absolute Gasteiger partial charge is 0.493 e. The molecule has 2 heterocycles. The fourth-order valence-electron chi connectivity index (χ4n) is 2.71. The predicted molar refractivity (Wildman–Crippen MR) is 102 cm³/mol. The molecule has 1 aromatic carbocycles. The molecule has 0 spiro atoms. The third-order valence-corrected chi connectivity index (χ3v) is 4.26. The van der Waals surface area contributed by atoms with Crippen LogP contribution in [0.4, 0.5) is 0 Å². The molecule has 0 aliphatic heterocycles. The van der Waals surface area contributed by atoms with Crippen molar-refractivity contribution < 1.29 is 18.8 Å². The van der Waals surface area contributed by atoms with E-state index in [0.717, 1.165) is 11.1 Å². The Kier molecular flexibility index (Phi) is 6.21. The molecule has 3 rings (SSSR count). The Morgan fingerprint density at radius 2 is 1.89 bits per heavy atom. The fourth-order valence-corrected chi connectivity index (χ4v) is 2.71. The molecule has 3 aromatic rings. The van der Waals surface area contributed by atoms with Gasteiger partial charge >= 0.3 is 0 Å². The van der Waals surface area contributed by atoms with Gasteiger partial charge in [0.15, 0.2) is 11.5 Å². The number of carbonyl (C=O) groups is 1. The molecule has 0 radical (unpaired) electrons.